The van der Waals surface area contributed by atoms with Crippen molar-refractivity contribution in [1.82, 2.24) is 10.3 Å². The fourth-order valence-corrected chi connectivity index (χ4v) is 2.28. The Bertz CT molecular complexity index is 803. The molecule has 1 saturated carbocycles. The number of aromatic nitrogens is 1. The molecule has 3 aromatic rings. The highest BCUT2D eigenvalue weighted by atomic mass is 16.3. The quantitative estimate of drug-likeness (QED) is 0.770. The zero-order chi connectivity index (χ0) is 14.9. The third kappa shape index (κ3) is 2.67. The third-order valence-electron chi connectivity index (χ3n) is 3.59. The summed E-state index contributed by atoms with van der Waals surface area (Å²) in [5.74, 6) is 1.98. The van der Waals surface area contributed by atoms with Crippen molar-refractivity contribution >= 4 is 22.8 Å². The smallest absolute Gasteiger partial charge is 0.319 e. The van der Waals surface area contributed by atoms with Gasteiger partial charge in [-0.05, 0) is 43.2 Å². The molecule has 0 radical (unpaired) electrons. The van der Waals surface area contributed by atoms with Crippen molar-refractivity contribution in [2.45, 2.75) is 25.3 Å². The van der Waals surface area contributed by atoms with Gasteiger partial charge in [0.2, 0.25) is 0 Å². The number of hydrogen-bond acceptors (Lipinski definition) is 4. The number of carbonyl (C=O) groups excluding carboxylic acids is 1. The van der Waals surface area contributed by atoms with Gasteiger partial charge >= 0.3 is 6.03 Å². The SMILES string of the molecule is O=C(NCc1ccco1)Nc1ccc2oc(C3CC3)nc2c1. The van der Waals surface area contributed by atoms with E-state index in [1.54, 1.807) is 24.5 Å². The Labute approximate surface area is 126 Å². The van der Waals surface area contributed by atoms with Gasteiger partial charge in [-0.25, -0.2) is 9.78 Å². The molecule has 1 aliphatic rings. The molecular formula is C16H15N3O3. The molecule has 0 saturated heterocycles. The third-order valence-corrected chi connectivity index (χ3v) is 3.59. The van der Waals surface area contributed by atoms with E-state index < -0.39 is 0 Å². The number of oxazole rings is 1. The van der Waals surface area contributed by atoms with E-state index in [4.69, 9.17) is 8.83 Å². The Kier molecular flexibility index (Phi) is 3.07. The van der Waals surface area contributed by atoms with Gasteiger partial charge in [-0.2, -0.15) is 0 Å². The number of hydrogen-bond donors (Lipinski definition) is 2. The van der Waals surface area contributed by atoms with Crippen molar-refractivity contribution < 1.29 is 13.6 Å². The van der Waals surface area contributed by atoms with Gasteiger partial charge in [0.1, 0.15) is 11.3 Å². The standard InChI is InChI=1S/C16H15N3O3/c20-16(17-9-12-2-1-7-21-12)18-11-5-6-14-13(8-11)19-15(22-14)10-3-4-10/h1-2,5-8,10H,3-4,9H2,(H2,17,18,20). The molecule has 2 amide bonds. The molecule has 6 nitrogen and oxygen atoms in total. The molecule has 0 atom stereocenters. The van der Waals surface area contributed by atoms with E-state index in [9.17, 15) is 4.79 Å². The Balaban J connectivity index is 1.43. The van der Waals surface area contributed by atoms with Gasteiger partial charge in [-0.1, -0.05) is 0 Å². The second-order valence-electron chi connectivity index (χ2n) is 5.40. The first kappa shape index (κ1) is 12.9. The monoisotopic (exact) mass is 297 g/mol. The topological polar surface area (TPSA) is 80.3 Å². The van der Waals surface area contributed by atoms with Crippen LogP contribution in [0.5, 0.6) is 0 Å². The number of nitrogens with one attached hydrogen (secondary N) is 2. The van der Waals surface area contributed by atoms with Crippen LogP contribution >= 0.6 is 0 Å². The molecule has 2 aromatic heterocycles. The van der Waals surface area contributed by atoms with Gasteiger partial charge in [0.25, 0.3) is 0 Å². The molecule has 2 heterocycles. The van der Waals surface area contributed by atoms with Crippen molar-refractivity contribution in [3.8, 4) is 0 Å². The van der Waals surface area contributed by atoms with Crippen LogP contribution in [0.3, 0.4) is 0 Å². The summed E-state index contributed by atoms with van der Waals surface area (Å²) in [6.07, 6.45) is 3.87. The lowest BCUT2D eigenvalue weighted by Gasteiger charge is -2.06. The minimum Gasteiger partial charge on any atom is -0.467 e. The minimum absolute atomic E-state index is 0.290. The first-order valence-corrected chi connectivity index (χ1v) is 7.26. The average molecular weight is 297 g/mol. The number of furan rings is 1. The van der Waals surface area contributed by atoms with E-state index >= 15 is 0 Å². The molecule has 6 heteroatoms. The van der Waals surface area contributed by atoms with Crippen molar-refractivity contribution in [2.24, 2.45) is 0 Å². The van der Waals surface area contributed by atoms with E-state index in [0.717, 1.165) is 29.8 Å². The molecular weight excluding hydrogens is 282 g/mol. The number of anilines is 1. The summed E-state index contributed by atoms with van der Waals surface area (Å²) >= 11 is 0. The summed E-state index contributed by atoms with van der Waals surface area (Å²) < 4.78 is 10.9. The average Bonchev–Trinajstić information content (AvgIpc) is 3.08. The van der Waals surface area contributed by atoms with E-state index in [-0.39, 0.29) is 6.03 Å². The van der Waals surface area contributed by atoms with Crippen molar-refractivity contribution in [3.05, 3.63) is 48.2 Å². The lowest BCUT2D eigenvalue weighted by Crippen LogP contribution is -2.27. The van der Waals surface area contributed by atoms with Gasteiger partial charge in [0.05, 0.1) is 12.8 Å². The van der Waals surface area contributed by atoms with E-state index in [1.807, 2.05) is 12.1 Å². The van der Waals surface area contributed by atoms with Gasteiger partial charge in [0, 0.05) is 11.6 Å². The highest BCUT2D eigenvalue weighted by molar-refractivity contribution is 5.91. The van der Waals surface area contributed by atoms with Crippen LogP contribution in [-0.4, -0.2) is 11.0 Å². The predicted octanol–water partition coefficient (Wildman–Crippen LogP) is 3.62. The summed E-state index contributed by atoms with van der Waals surface area (Å²) in [7, 11) is 0. The maximum Gasteiger partial charge on any atom is 0.319 e. The molecule has 4 rings (SSSR count). The minimum atomic E-state index is -0.290. The van der Waals surface area contributed by atoms with Crippen LogP contribution in [0.2, 0.25) is 0 Å². The molecule has 0 aliphatic heterocycles. The van der Waals surface area contributed by atoms with Gasteiger partial charge in [0.15, 0.2) is 11.5 Å². The van der Waals surface area contributed by atoms with Crippen LogP contribution in [0.15, 0.2) is 45.4 Å². The number of benzene rings is 1. The number of fused-ring (bicyclic) bond motifs is 1. The van der Waals surface area contributed by atoms with Crippen LogP contribution in [0.1, 0.15) is 30.4 Å². The maximum absolute atomic E-state index is 11.9. The molecule has 1 aliphatic carbocycles. The van der Waals surface area contributed by atoms with Crippen LogP contribution in [0, 0.1) is 0 Å². The number of urea groups is 1. The predicted molar refractivity (Wildman–Crippen MR) is 80.6 cm³/mol. The molecule has 2 N–H and O–H groups in total. The summed E-state index contributed by atoms with van der Waals surface area (Å²) in [6.45, 7) is 0.344. The summed E-state index contributed by atoms with van der Waals surface area (Å²) in [5, 5.41) is 5.50. The van der Waals surface area contributed by atoms with Crippen LogP contribution in [-0.2, 0) is 6.54 Å². The van der Waals surface area contributed by atoms with E-state index in [2.05, 4.69) is 15.6 Å². The van der Waals surface area contributed by atoms with Crippen molar-refractivity contribution in [1.29, 1.82) is 0 Å². The van der Waals surface area contributed by atoms with Gasteiger partial charge in [-0.3, -0.25) is 0 Å². The first-order chi connectivity index (χ1) is 10.8. The van der Waals surface area contributed by atoms with Crippen molar-refractivity contribution in [2.75, 3.05) is 5.32 Å². The molecule has 1 fully saturated rings. The lowest BCUT2D eigenvalue weighted by atomic mass is 10.3. The largest absolute Gasteiger partial charge is 0.467 e. The van der Waals surface area contributed by atoms with Crippen molar-refractivity contribution in [3.63, 3.8) is 0 Å². The zero-order valence-corrected chi connectivity index (χ0v) is 11.8. The Morgan fingerprint density at radius 1 is 1.32 bits per heavy atom. The number of carbonyl (C=O) groups is 1. The number of amides is 2. The van der Waals surface area contributed by atoms with Crippen LogP contribution < -0.4 is 10.6 Å². The molecule has 0 spiro atoms. The highest BCUT2D eigenvalue weighted by Gasteiger charge is 2.28. The van der Waals surface area contributed by atoms with Crippen LogP contribution in [0.4, 0.5) is 10.5 Å². The lowest BCUT2D eigenvalue weighted by molar-refractivity contribution is 0.251. The Morgan fingerprint density at radius 2 is 2.23 bits per heavy atom. The second-order valence-corrected chi connectivity index (χ2v) is 5.40. The summed E-state index contributed by atoms with van der Waals surface area (Å²) in [4.78, 5) is 16.3. The maximum atomic E-state index is 11.9. The first-order valence-electron chi connectivity index (χ1n) is 7.26. The zero-order valence-electron chi connectivity index (χ0n) is 11.8. The normalized spacial score (nSPS) is 14.2. The van der Waals surface area contributed by atoms with E-state index in [0.29, 0.717) is 23.9 Å². The highest BCUT2D eigenvalue weighted by Crippen LogP contribution is 2.40. The number of rotatable bonds is 4. The van der Waals surface area contributed by atoms with E-state index in [1.165, 1.54) is 0 Å². The fraction of sp³-hybridized carbons (Fsp3) is 0.250. The molecule has 0 unspecified atom stereocenters. The Hall–Kier alpha value is -2.76. The van der Waals surface area contributed by atoms with Gasteiger partial charge < -0.3 is 19.5 Å². The second kappa shape index (κ2) is 5.22. The van der Waals surface area contributed by atoms with Crippen LogP contribution in [0.25, 0.3) is 11.1 Å². The fourth-order valence-electron chi connectivity index (χ4n) is 2.28. The molecule has 0 bridgehead atoms. The molecule has 22 heavy (non-hydrogen) atoms. The molecule has 1 aromatic carbocycles. The molecule has 112 valence electrons. The number of nitrogens with zero attached hydrogens (tertiary/aromatic N) is 1. The summed E-state index contributed by atoms with van der Waals surface area (Å²) in [5.41, 5.74) is 2.20. The summed E-state index contributed by atoms with van der Waals surface area (Å²) in [6, 6.07) is 8.75. The van der Waals surface area contributed by atoms with Gasteiger partial charge in [-0.15, -0.1) is 0 Å². The Morgan fingerprint density at radius 3 is 3.00 bits per heavy atom.